The average molecular weight is 205 g/mol. The van der Waals surface area contributed by atoms with Crippen LogP contribution in [0, 0.1) is 0 Å². The van der Waals surface area contributed by atoms with E-state index < -0.39 is 9.95 Å². The smallest absolute Gasteiger partial charge is 0.324 e. The van der Waals surface area contributed by atoms with E-state index in [1.165, 1.54) is 0 Å². The van der Waals surface area contributed by atoms with Gasteiger partial charge in [0.05, 0.1) is 0 Å². The highest BCUT2D eigenvalue weighted by Crippen LogP contribution is 2.28. The first-order valence-electron chi connectivity index (χ1n) is 2.00. The zero-order chi connectivity index (χ0) is 8.36. The van der Waals surface area contributed by atoms with Crippen LogP contribution in [0.3, 0.4) is 0 Å². The largest absolute Gasteiger partial charge is 0.351 e. The Morgan fingerprint density at radius 1 is 1.50 bits per heavy atom. The molecule has 0 fully saturated rings. The van der Waals surface area contributed by atoms with Crippen LogP contribution in [0.15, 0.2) is 0 Å². The molecule has 0 rings (SSSR count). The number of halogens is 3. The van der Waals surface area contributed by atoms with Crippen molar-refractivity contribution in [3.05, 3.63) is 0 Å². The standard InChI is InChI=1S/C3H3Cl3N2O2/c4-3(5,6)8(1-9)2(7)10/h1H,(H2,7,10). The number of hydrogen-bond acceptors (Lipinski definition) is 2. The van der Waals surface area contributed by atoms with Crippen molar-refractivity contribution >= 4 is 47.2 Å². The highest BCUT2D eigenvalue weighted by Gasteiger charge is 2.32. The van der Waals surface area contributed by atoms with Crippen LogP contribution in [0.5, 0.6) is 0 Å². The molecule has 0 aromatic carbocycles. The van der Waals surface area contributed by atoms with E-state index in [1.807, 2.05) is 0 Å². The number of carbonyl (C=O) groups is 2. The zero-order valence-corrected chi connectivity index (χ0v) is 6.82. The number of nitrogens with zero attached hydrogens (tertiary/aromatic N) is 1. The Kier molecular flexibility index (Phi) is 3.21. The maximum atomic E-state index is 10.2. The van der Waals surface area contributed by atoms with Crippen molar-refractivity contribution in [1.29, 1.82) is 0 Å². The Bertz CT molecular complexity index is 154. The number of imide groups is 1. The van der Waals surface area contributed by atoms with E-state index in [4.69, 9.17) is 34.8 Å². The lowest BCUT2D eigenvalue weighted by Gasteiger charge is -2.20. The van der Waals surface area contributed by atoms with Gasteiger partial charge in [0.25, 0.3) is 3.92 Å². The second-order valence-electron chi connectivity index (χ2n) is 1.28. The van der Waals surface area contributed by atoms with Crippen molar-refractivity contribution in [2.75, 3.05) is 0 Å². The van der Waals surface area contributed by atoms with E-state index >= 15 is 0 Å². The van der Waals surface area contributed by atoms with Gasteiger partial charge in [-0.3, -0.25) is 4.79 Å². The number of nitrogens with two attached hydrogens (primary N) is 1. The molecule has 0 aromatic heterocycles. The Hall–Kier alpha value is -0.190. The molecule has 58 valence electrons. The van der Waals surface area contributed by atoms with E-state index in [9.17, 15) is 9.59 Å². The molecule has 4 nitrogen and oxygen atoms in total. The highest BCUT2D eigenvalue weighted by molar-refractivity contribution is 6.68. The third-order valence-corrected chi connectivity index (χ3v) is 1.16. The molecular weight excluding hydrogens is 202 g/mol. The first-order chi connectivity index (χ1) is 4.39. The third kappa shape index (κ3) is 2.60. The number of primary amides is 1. The van der Waals surface area contributed by atoms with Crippen LogP contribution in [0.4, 0.5) is 4.79 Å². The molecule has 0 aliphatic carbocycles. The van der Waals surface area contributed by atoms with Crippen LogP contribution in [0.1, 0.15) is 0 Å². The lowest BCUT2D eigenvalue weighted by atomic mass is 10.8. The van der Waals surface area contributed by atoms with Gasteiger partial charge in [-0.15, -0.1) is 0 Å². The summed E-state index contributed by atoms with van der Waals surface area (Å²) in [4.78, 5) is 20.4. The number of hydrogen-bond donors (Lipinski definition) is 1. The summed E-state index contributed by atoms with van der Waals surface area (Å²) in [6.45, 7) is 0. The number of rotatable bonds is 1. The SMILES string of the molecule is NC(=O)N(C=O)C(Cl)(Cl)Cl. The lowest BCUT2D eigenvalue weighted by molar-refractivity contribution is -0.115. The third-order valence-electron chi connectivity index (χ3n) is 0.616. The first-order valence-corrected chi connectivity index (χ1v) is 3.13. The fourth-order valence-corrected chi connectivity index (χ4v) is 0.606. The van der Waals surface area contributed by atoms with Gasteiger partial charge in [-0.1, -0.05) is 34.8 Å². The molecule has 0 unspecified atom stereocenters. The number of urea groups is 1. The van der Waals surface area contributed by atoms with Crippen LogP contribution in [-0.2, 0) is 4.79 Å². The van der Waals surface area contributed by atoms with Crippen LogP contribution in [-0.4, -0.2) is 21.3 Å². The van der Waals surface area contributed by atoms with Gasteiger partial charge in [-0.05, 0) is 0 Å². The Morgan fingerprint density at radius 3 is 1.90 bits per heavy atom. The van der Waals surface area contributed by atoms with Gasteiger partial charge < -0.3 is 5.73 Å². The van der Waals surface area contributed by atoms with Crippen molar-refractivity contribution in [3.8, 4) is 0 Å². The summed E-state index contributed by atoms with van der Waals surface area (Å²) in [5.74, 6) is 0. The minimum atomic E-state index is -2.10. The van der Waals surface area contributed by atoms with Crippen LogP contribution in [0.2, 0.25) is 0 Å². The fourth-order valence-electron chi connectivity index (χ4n) is 0.237. The minimum absolute atomic E-state index is 0.0370. The lowest BCUT2D eigenvalue weighted by Crippen LogP contribution is -2.42. The predicted molar refractivity (Wildman–Crippen MR) is 37.8 cm³/mol. The molecule has 0 spiro atoms. The van der Waals surface area contributed by atoms with E-state index in [0.717, 1.165) is 0 Å². The fraction of sp³-hybridized carbons (Fsp3) is 0.333. The molecule has 0 aliphatic rings. The summed E-state index contributed by atoms with van der Waals surface area (Å²) < 4.78 is -2.10. The number of alkyl halides is 3. The van der Waals surface area contributed by atoms with E-state index in [1.54, 1.807) is 0 Å². The summed E-state index contributed by atoms with van der Waals surface area (Å²) in [6, 6.07) is -1.12. The van der Waals surface area contributed by atoms with E-state index in [0.29, 0.717) is 0 Å². The molecule has 0 bridgehead atoms. The van der Waals surface area contributed by atoms with Crippen molar-refractivity contribution < 1.29 is 9.59 Å². The van der Waals surface area contributed by atoms with Gasteiger partial charge >= 0.3 is 6.03 Å². The Labute approximate surface area is 71.8 Å². The summed E-state index contributed by atoms with van der Waals surface area (Å²) >= 11 is 15.4. The topological polar surface area (TPSA) is 63.4 Å². The van der Waals surface area contributed by atoms with Crippen LogP contribution >= 0.6 is 34.8 Å². The van der Waals surface area contributed by atoms with E-state index in [2.05, 4.69) is 5.73 Å². The zero-order valence-electron chi connectivity index (χ0n) is 4.55. The molecule has 0 saturated carbocycles. The Balaban J connectivity index is 4.36. The maximum Gasteiger partial charge on any atom is 0.324 e. The summed E-state index contributed by atoms with van der Waals surface area (Å²) in [6.07, 6.45) is 0.0370. The molecule has 0 heterocycles. The van der Waals surface area contributed by atoms with Gasteiger partial charge in [0.2, 0.25) is 6.41 Å². The molecule has 0 aliphatic heterocycles. The van der Waals surface area contributed by atoms with Crippen molar-refractivity contribution in [3.63, 3.8) is 0 Å². The molecule has 0 saturated heterocycles. The maximum absolute atomic E-state index is 10.2. The molecule has 0 radical (unpaired) electrons. The van der Waals surface area contributed by atoms with Gasteiger partial charge in [0, 0.05) is 0 Å². The van der Waals surface area contributed by atoms with Crippen molar-refractivity contribution in [2.45, 2.75) is 3.92 Å². The average Bonchev–Trinajstić information content (AvgIpc) is 1.60. The molecule has 3 amide bonds. The second-order valence-corrected chi connectivity index (χ2v) is 3.50. The number of carbonyl (C=O) groups excluding carboxylic acids is 2. The molecule has 7 heteroatoms. The first kappa shape index (κ1) is 9.81. The summed E-state index contributed by atoms with van der Waals surface area (Å²) in [5.41, 5.74) is 4.64. The van der Waals surface area contributed by atoms with Gasteiger partial charge in [0.15, 0.2) is 0 Å². The van der Waals surface area contributed by atoms with Crippen molar-refractivity contribution in [1.82, 2.24) is 4.90 Å². The highest BCUT2D eigenvalue weighted by atomic mass is 35.6. The monoisotopic (exact) mass is 204 g/mol. The summed E-state index contributed by atoms with van der Waals surface area (Å²) in [7, 11) is 0. The van der Waals surface area contributed by atoms with Gasteiger partial charge in [-0.2, -0.15) is 0 Å². The molecule has 10 heavy (non-hydrogen) atoms. The van der Waals surface area contributed by atoms with Crippen molar-refractivity contribution in [2.24, 2.45) is 5.73 Å². The van der Waals surface area contributed by atoms with Crippen LogP contribution in [0.25, 0.3) is 0 Å². The molecule has 0 aromatic rings. The second kappa shape index (κ2) is 3.27. The van der Waals surface area contributed by atoms with Gasteiger partial charge in [-0.25, -0.2) is 9.69 Å². The molecule has 2 N–H and O–H groups in total. The van der Waals surface area contributed by atoms with Crippen LogP contribution < -0.4 is 5.73 Å². The molecule has 0 atom stereocenters. The van der Waals surface area contributed by atoms with Gasteiger partial charge in [0.1, 0.15) is 0 Å². The number of amides is 3. The van der Waals surface area contributed by atoms with E-state index in [-0.39, 0.29) is 11.3 Å². The summed E-state index contributed by atoms with van der Waals surface area (Å²) in [5, 5.41) is 0. The minimum Gasteiger partial charge on any atom is -0.351 e. The molecular formula is C3H3Cl3N2O2. The Morgan fingerprint density at radius 2 is 1.90 bits per heavy atom. The predicted octanol–water partition coefficient (Wildman–Crippen LogP) is 0.851. The quantitative estimate of drug-likeness (QED) is 0.392. The normalized spacial score (nSPS) is 10.7.